The average molecular weight is 1170 g/mol. The molecule has 0 atom stereocenters. The number of hydrogen-bond acceptors (Lipinski definition) is 5. The molecular formula is C80H45N5S3. The third kappa shape index (κ3) is 7.07. The molecule has 408 valence electrons. The summed E-state index contributed by atoms with van der Waals surface area (Å²) in [7, 11) is 0. The van der Waals surface area contributed by atoms with E-state index < -0.39 is 0 Å². The Morgan fingerprint density at radius 2 is 0.614 bits per heavy atom. The summed E-state index contributed by atoms with van der Waals surface area (Å²) in [5.41, 5.74) is 16.3. The van der Waals surface area contributed by atoms with E-state index in [0.29, 0.717) is 5.82 Å². The van der Waals surface area contributed by atoms with Crippen LogP contribution < -0.4 is 0 Å². The molecule has 0 saturated heterocycles. The lowest BCUT2D eigenvalue weighted by Gasteiger charge is -2.15. The normalized spacial score (nSPS) is 12.3. The second-order valence-electron chi connectivity index (χ2n) is 23.2. The van der Waals surface area contributed by atoms with Gasteiger partial charge in [-0.3, -0.25) is 0 Å². The van der Waals surface area contributed by atoms with Crippen LogP contribution in [-0.2, 0) is 0 Å². The van der Waals surface area contributed by atoms with Crippen LogP contribution >= 0.6 is 34.0 Å². The molecule has 0 spiro atoms. The van der Waals surface area contributed by atoms with E-state index in [1.807, 2.05) is 34.0 Å². The number of hydrogen-bond donors (Lipinski definition) is 0. The third-order valence-corrected chi connectivity index (χ3v) is 21.8. The Bertz CT molecular complexity index is 6380. The van der Waals surface area contributed by atoms with E-state index in [1.165, 1.54) is 126 Å². The second kappa shape index (κ2) is 18.4. The fourth-order valence-electron chi connectivity index (χ4n) is 14.4. The lowest BCUT2D eigenvalue weighted by molar-refractivity contribution is 1.17. The molecule has 0 fully saturated rings. The SMILES string of the molecule is c1cc(-c2ccc3nc(-c4ccc(-n5c6ccccc6c6cc7sc8ccccc8c7cc65)cc4)nc(-c4cccc(-n5c6ccccc6c6cc7sc8ccccc8c7cc65)c4)c3c2)cc(-n2c3ccccc3c3cc4sc5ccccc5c4cc32)c1. The highest BCUT2D eigenvalue weighted by atomic mass is 32.1. The van der Waals surface area contributed by atoms with Crippen molar-refractivity contribution in [3.63, 3.8) is 0 Å². The van der Waals surface area contributed by atoms with Crippen LogP contribution in [0.2, 0.25) is 0 Å². The molecule has 7 aromatic heterocycles. The zero-order chi connectivity index (χ0) is 57.3. The predicted octanol–water partition coefficient (Wildman–Crippen LogP) is 23.0. The zero-order valence-corrected chi connectivity index (χ0v) is 49.4. The van der Waals surface area contributed by atoms with Crippen molar-refractivity contribution in [3.8, 4) is 50.8 Å². The van der Waals surface area contributed by atoms with Gasteiger partial charge in [-0.15, -0.1) is 34.0 Å². The third-order valence-electron chi connectivity index (χ3n) is 18.4. The summed E-state index contributed by atoms with van der Waals surface area (Å²) in [6.45, 7) is 0. The van der Waals surface area contributed by atoms with Crippen molar-refractivity contribution in [2.75, 3.05) is 0 Å². The monoisotopic (exact) mass is 1170 g/mol. The quantitative estimate of drug-likeness (QED) is 0.166. The van der Waals surface area contributed by atoms with Gasteiger partial charge in [0.25, 0.3) is 0 Å². The second-order valence-corrected chi connectivity index (χ2v) is 26.5. The summed E-state index contributed by atoms with van der Waals surface area (Å²) >= 11 is 5.60. The minimum atomic E-state index is 0.672. The van der Waals surface area contributed by atoms with Crippen LogP contribution in [0.3, 0.4) is 0 Å². The van der Waals surface area contributed by atoms with E-state index >= 15 is 0 Å². The van der Waals surface area contributed by atoms with Crippen LogP contribution in [0.25, 0.3) is 188 Å². The van der Waals surface area contributed by atoms with Crippen LogP contribution in [0.15, 0.2) is 273 Å². The van der Waals surface area contributed by atoms with Gasteiger partial charge in [0.2, 0.25) is 0 Å². The zero-order valence-electron chi connectivity index (χ0n) is 46.9. The molecule has 5 nitrogen and oxygen atoms in total. The first-order valence-electron chi connectivity index (χ1n) is 29.8. The van der Waals surface area contributed by atoms with E-state index in [0.717, 1.165) is 55.9 Å². The van der Waals surface area contributed by atoms with Gasteiger partial charge in [0.05, 0.1) is 44.3 Å². The van der Waals surface area contributed by atoms with Crippen LogP contribution in [0.1, 0.15) is 0 Å². The largest absolute Gasteiger partial charge is 0.309 e. The molecule has 13 aromatic carbocycles. The van der Waals surface area contributed by atoms with Gasteiger partial charge in [-0.2, -0.15) is 0 Å². The number of thiophene rings is 3. The van der Waals surface area contributed by atoms with Gasteiger partial charge in [0, 0.05) is 126 Å². The van der Waals surface area contributed by atoms with Crippen LogP contribution in [-0.4, -0.2) is 23.7 Å². The summed E-state index contributed by atoms with van der Waals surface area (Å²) in [6, 6.07) is 101. The van der Waals surface area contributed by atoms with Crippen molar-refractivity contribution in [2.45, 2.75) is 0 Å². The Morgan fingerprint density at radius 1 is 0.216 bits per heavy atom. The molecule has 88 heavy (non-hydrogen) atoms. The number of aromatic nitrogens is 5. The van der Waals surface area contributed by atoms with E-state index in [4.69, 9.17) is 9.97 Å². The van der Waals surface area contributed by atoms with Crippen molar-refractivity contribution >= 4 is 171 Å². The highest BCUT2D eigenvalue weighted by molar-refractivity contribution is 7.26. The smallest absolute Gasteiger partial charge is 0.160 e. The molecule has 0 radical (unpaired) electrons. The van der Waals surface area contributed by atoms with E-state index in [2.05, 4.69) is 287 Å². The van der Waals surface area contributed by atoms with Gasteiger partial charge in [-0.25, -0.2) is 9.97 Å². The minimum absolute atomic E-state index is 0.672. The highest BCUT2D eigenvalue weighted by Crippen LogP contribution is 2.46. The van der Waals surface area contributed by atoms with Gasteiger partial charge in [-0.05, 0) is 145 Å². The van der Waals surface area contributed by atoms with Crippen molar-refractivity contribution < 1.29 is 0 Å². The topological polar surface area (TPSA) is 40.6 Å². The van der Waals surface area contributed by atoms with Crippen molar-refractivity contribution in [3.05, 3.63) is 273 Å². The molecule has 0 bridgehead atoms. The van der Waals surface area contributed by atoms with Gasteiger partial charge < -0.3 is 13.7 Å². The summed E-state index contributed by atoms with van der Waals surface area (Å²) in [5.74, 6) is 0.672. The molecule has 0 saturated carbocycles. The number of fused-ring (bicyclic) bond motifs is 19. The fraction of sp³-hybridized carbons (Fsp3) is 0. The maximum absolute atomic E-state index is 5.68. The van der Waals surface area contributed by atoms with Crippen LogP contribution in [0, 0.1) is 0 Å². The lowest BCUT2D eigenvalue weighted by Crippen LogP contribution is -1.99. The van der Waals surface area contributed by atoms with Crippen LogP contribution in [0.5, 0.6) is 0 Å². The molecule has 0 aliphatic carbocycles. The number of para-hydroxylation sites is 3. The van der Waals surface area contributed by atoms with E-state index in [-0.39, 0.29) is 0 Å². The highest BCUT2D eigenvalue weighted by Gasteiger charge is 2.22. The minimum Gasteiger partial charge on any atom is -0.309 e. The van der Waals surface area contributed by atoms with Gasteiger partial charge in [0.1, 0.15) is 0 Å². The predicted molar refractivity (Wildman–Crippen MR) is 378 cm³/mol. The fourth-order valence-corrected chi connectivity index (χ4v) is 17.8. The van der Waals surface area contributed by atoms with Crippen LogP contribution in [0.4, 0.5) is 0 Å². The molecule has 0 N–H and O–H groups in total. The maximum Gasteiger partial charge on any atom is 0.160 e. The average Bonchev–Trinajstić information content (AvgIpc) is 1.73. The summed E-state index contributed by atoms with van der Waals surface area (Å²) in [6.07, 6.45) is 0. The molecule has 0 amide bonds. The first kappa shape index (κ1) is 48.5. The number of rotatable bonds is 6. The van der Waals surface area contributed by atoms with Crippen molar-refractivity contribution in [1.82, 2.24) is 23.7 Å². The Labute approximate surface area is 514 Å². The molecule has 7 heterocycles. The molecule has 0 aliphatic heterocycles. The summed E-state index contributed by atoms with van der Waals surface area (Å²) < 4.78 is 15.1. The van der Waals surface area contributed by atoms with Gasteiger partial charge in [-0.1, -0.05) is 140 Å². The Balaban J connectivity index is 0.766. The number of benzene rings is 13. The molecule has 20 aromatic rings. The Hall–Kier alpha value is -10.7. The van der Waals surface area contributed by atoms with Crippen molar-refractivity contribution in [2.24, 2.45) is 0 Å². The van der Waals surface area contributed by atoms with Crippen molar-refractivity contribution in [1.29, 1.82) is 0 Å². The lowest BCUT2D eigenvalue weighted by atomic mass is 9.99. The van der Waals surface area contributed by atoms with Gasteiger partial charge in [0.15, 0.2) is 5.82 Å². The van der Waals surface area contributed by atoms with Gasteiger partial charge >= 0.3 is 0 Å². The summed E-state index contributed by atoms with van der Waals surface area (Å²) in [4.78, 5) is 11.1. The summed E-state index contributed by atoms with van der Waals surface area (Å²) in [5, 5.41) is 16.2. The molecule has 0 unspecified atom stereocenters. The standard InChI is InChI=1S/C80H45N5S3/c1-7-25-67-53(19-1)59-43-76-62(56-22-4-10-28-73(56)86-76)40-70(59)83(67)50-34-31-46(32-35-50)80-81-66-36-33-48(47-15-13-17-51(37-47)84-68-26-8-2-20-54(68)60-44-77-63(41-71(60)84)57-23-5-11-29-74(57)87-77)39-65(66)79(82-80)49-16-14-18-52(38-49)85-69-27-9-3-21-55(69)61-45-78-64(42-72(61)85)58-24-6-12-30-75(58)88-78/h1-45H. The molecular weight excluding hydrogens is 1130 g/mol. The van der Waals surface area contributed by atoms with E-state index in [9.17, 15) is 0 Å². The maximum atomic E-state index is 5.68. The number of nitrogens with zero attached hydrogens (tertiary/aromatic N) is 5. The molecule has 20 rings (SSSR count). The first-order chi connectivity index (χ1) is 43.6. The van der Waals surface area contributed by atoms with E-state index in [1.54, 1.807) is 0 Å². The Kier molecular flexibility index (Phi) is 10.1. The first-order valence-corrected chi connectivity index (χ1v) is 32.2. The Morgan fingerprint density at radius 3 is 1.10 bits per heavy atom. The molecule has 8 heteroatoms. The molecule has 0 aliphatic rings.